The molecule has 4 N–H and O–H groups in total. The molecular weight excluding hydrogens is 1160 g/mol. The summed E-state index contributed by atoms with van der Waals surface area (Å²) < 4.78 is 31.2. The van der Waals surface area contributed by atoms with E-state index in [9.17, 15) is 34.2 Å². The quantitative estimate of drug-likeness (QED) is 0.0296. The Morgan fingerprint density at radius 3 is 2.41 bits per heavy atom. The second kappa shape index (κ2) is 28.4. The number of hydrogen-bond donors (Lipinski definition) is 4. The van der Waals surface area contributed by atoms with Crippen LogP contribution in [0.1, 0.15) is 104 Å². The number of halogens is 1. The van der Waals surface area contributed by atoms with Gasteiger partial charge in [0.1, 0.15) is 34.4 Å². The Bertz CT molecular complexity index is 3200. The van der Waals surface area contributed by atoms with E-state index in [1.165, 1.54) is 27.5 Å². The Balaban J connectivity index is 0.805. The van der Waals surface area contributed by atoms with Crippen molar-refractivity contribution in [3.05, 3.63) is 105 Å². The number of esters is 1. The highest BCUT2D eigenvalue weighted by Gasteiger charge is 2.62. The smallest absolute Gasteiger partial charge is 0.407 e. The van der Waals surface area contributed by atoms with Crippen molar-refractivity contribution in [2.45, 2.75) is 141 Å². The largest absolute Gasteiger partial charge is 0.508 e. The predicted octanol–water partition coefficient (Wildman–Crippen LogP) is 9.28. The molecule has 4 aliphatic rings. The van der Waals surface area contributed by atoms with E-state index in [-0.39, 0.29) is 76.2 Å². The molecule has 4 aromatic rings. The fraction of sp³-hybridized carbons (Fsp3) is 0.556. The minimum atomic E-state index is -0.959. The van der Waals surface area contributed by atoms with Crippen LogP contribution in [-0.4, -0.2) is 178 Å². The summed E-state index contributed by atoms with van der Waals surface area (Å²) in [4.78, 5) is 75.7. The Morgan fingerprint density at radius 2 is 1.72 bits per heavy atom. The third-order valence-corrected chi connectivity index (χ3v) is 21.0. The topological polar surface area (TPSA) is 234 Å². The van der Waals surface area contributed by atoms with Gasteiger partial charge in [-0.15, -0.1) is 0 Å². The highest BCUT2D eigenvalue weighted by Crippen LogP contribution is 2.51. The van der Waals surface area contributed by atoms with Gasteiger partial charge < -0.3 is 53.9 Å². The van der Waals surface area contributed by atoms with Crippen LogP contribution in [0.25, 0.3) is 17.1 Å². The molecule has 8 rings (SSSR count). The number of nitrogens with zero attached hydrogens (tertiary/aromatic N) is 6. The van der Waals surface area contributed by atoms with E-state index in [1.54, 1.807) is 55.8 Å². The van der Waals surface area contributed by atoms with Gasteiger partial charge in [-0.05, 0) is 107 Å². The van der Waals surface area contributed by atoms with E-state index in [2.05, 4.69) is 39.2 Å². The molecule has 4 aliphatic heterocycles. The van der Waals surface area contributed by atoms with Crippen LogP contribution in [0.2, 0.25) is 5.02 Å². The molecule has 8 atom stereocenters. The summed E-state index contributed by atoms with van der Waals surface area (Å²) >= 11 is 6.88. The number of likely N-dealkylation sites (N-methyl/N-ethyl adjacent to an activating group) is 1. The number of anilines is 1. The van der Waals surface area contributed by atoms with Crippen LogP contribution < -0.4 is 20.6 Å². The molecule has 86 heavy (non-hydrogen) atoms. The number of phenolic OH excluding ortho intramolecular Hbond substituents is 2. The maximum absolute atomic E-state index is 14.4. The number of H-pyrrole nitrogens is 1. The van der Waals surface area contributed by atoms with Crippen molar-refractivity contribution in [1.82, 2.24) is 34.8 Å². The zero-order valence-corrected chi connectivity index (χ0v) is 53.9. The lowest BCUT2D eigenvalue weighted by molar-refractivity contribution is -0.155. The Hall–Kier alpha value is -6.01. The van der Waals surface area contributed by atoms with Gasteiger partial charge in [0.25, 0.3) is 0 Å². The molecular formula is C63H85ClN8O12S2. The number of ether oxygens (including phenoxy) is 5. The Labute approximate surface area is 517 Å². The highest BCUT2D eigenvalue weighted by molar-refractivity contribution is 8.77. The zero-order chi connectivity index (χ0) is 62.4. The number of fused-ring (bicyclic) bond motifs is 5. The lowest BCUT2D eigenvalue weighted by Crippen LogP contribution is -2.53. The van der Waals surface area contributed by atoms with Gasteiger partial charge in [-0.2, -0.15) is 5.10 Å². The molecule has 20 nitrogen and oxygen atoms in total. The number of carbonyl (C=O) groups excluding carboxylic acids is 4. The monoisotopic (exact) mass is 1240 g/mol. The van der Waals surface area contributed by atoms with Gasteiger partial charge in [-0.1, -0.05) is 89.9 Å². The van der Waals surface area contributed by atoms with Crippen LogP contribution in [0.3, 0.4) is 0 Å². The molecule has 3 saturated heterocycles. The number of nitrogens with one attached hydrogen (secondary N) is 2. The maximum atomic E-state index is 14.4. The molecule has 0 spiro atoms. The van der Waals surface area contributed by atoms with E-state index in [4.69, 9.17) is 35.3 Å². The summed E-state index contributed by atoms with van der Waals surface area (Å²) in [7, 11) is 9.79. The summed E-state index contributed by atoms with van der Waals surface area (Å²) in [6.45, 7) is 21.0. The van der Waals surface area contributed by atoms with Crippen molar-refractivity contribution in [1.29, 1.82) is 0 Å². The minimum absolute atomic E-state index is 0.0114. The predicted molar refractivity (Wildman–Crippen MR) is 336 cm³/mol. The second-order valence-electron chi connectivity index (χ2n) is 24.3. The summed E-state index contributed by atoms with van der Waals surface area (Å²) in [5.74, 6) is -1.03. The normalized spacial score (nSPS) is 24.7. The summed E-state index contributed by atoms with van der Waals surface area (Å²) in [6.07, 6.45) is 5.85. The number of amides is 3. The molecule has 3 amide bonds. The molecule has 4 bridgehead atoms. The van der Waals surface area contributed by atoms with Gasteiger partial charge in [0, 0.05) is 102 Å². The van der Waals surface area contributed by atoms with Crippen molar-refractivity contribution in [2.24, 2.45) is 11.8 Å². The summed E-state index contributed by atoms with van der Waals surface area (Å²) in [6, 6.07) is 13.1. The molecule has 1 unspecified atom stereocenters. The number of alkyl carbamates (subject to hydrolysis) is 1. The third kappa shape index (κ3) is 15.8. The number of epoxide rings is 1. The number of aromatic nitrogens is 3. The molecule has 1 aromatic heterocycles. The number of piperazine rings is 1. The van der Waals surface area contributed by atoms with Crippen LogP contribution in [0, 0.1) is 11.8 Å². The first-order chi connectivity index (χ1) is 40.8. The first kappa shape index (κ1) is 66.0. The van der Waals surface area contributed by atoms with Gasteiger partial charge in [-0.3, -0.25) is 14.5 Å². The number of hydrogen-bond acceptors (Lipinski definition) is 17. The number of phenols is 2. The van der Waals surface area contributed by atoms with Gasteiger partial charge in [0.2, 0.25) is 11.8 Å². The average Bonchev–Trinajstić information content (AvgIpc) is 1.67. The standard InChI is InChI=1S/C63H85ClN8O12S2/c1-37(2)45-32-46(50(74)34-49(45)73)58-66-67-60(78)72(58)44-18-16-41(17-19-44)35-71-25-23-70(24-26-71)22-21-62(6,7)86-85-27-20-54(75)68(9)40(5)59(77)82-36-43-31-55(76)69(10)48-29-42(30-53(81-12)56(48)64)28-38(3)14-13-15-51(80-11)47-33-52(83-61(79)65-47)39(4)57-63(43,8)84-57/h13-19,29-30,32,34,37,39-40,43,47,51-52,57,73-74H,20-28,31,33,35-36H2,1-12H3,(H,65,79)(H,67,78)/b15-13+,38-14+/t39-,40+,43-,47?,51-,52+,57+,63+/m1/s1. The molecule has 5 heterocycles. The number of carbonyl (C=O) groups is 4. The second-order valence-corrected chi connectivity index (χ2v) is 27.8. The molecule has 0 radical (unpaired) electrons. The third-order valence-electron chi connectivity index (χ3n) is 17.3. The highest BCUT2D eigenvalue weighted by atomic mass is 35.5. The number of allylic oxidation sites excluding steroid dienone is 3. The van der Waals surface area contributed by atoms with Gasteiger partial charge in [-0.25, -0.2) is 24.0 Å². The molecule has 0 aliphatic carbocycles. The van der Waals surface area contributed by atoms with Crippen molar-refractivity contribution >= 4 is 62.8 Å². The fourth-order valence-electron chi connectivity index (χ4n) is 11.5. The van der Waals surface area contributed by atoms with Crippen molar-refractivity contribution < 1.29 is 53.1 Å². The van der Waals surface area contributed by atoms with E-state index >= 15 is 0 Å². The summed E-state index contributed by atoms with van der Waals surface area (Å²) in [5.41, 5.74) is 3.65. The van der Waals surface area contributed by atoms with E-state index < -0.39 is 53.6 Å². The SMILES string of the molecule is COc1cc2cc(c1Cl)N(C)C(=O)C[C@H](COC(=O)[C@H](C)N(C)C(=O)CCSSC(C)(C)CCN1CCN(Cc3ccc(-n4c(-c5cc(C(C)C)c(O)cc5O)n[nH]c4=O)cc3)CC1)[C@]1(C)O[C@H]1[C@H](C)[C@@H]1CC(NC(=O)O1)[C@H](OC)/C=C/C=C(\C)C2. The van der Waals surface area contributed by atoms with Gasteiger partial charge in [0.05, 0.1) is 54.5 Å². The Morgan fingerprint density at radius 1 is 1.01 bits per heavy atom. The number of aromatic amines is 1. The molecule has 0 saturated carbocycles. The van der Waals surface area contributed by atoms with Crippen LogP contribution in [-0.2, 0) is 46.3 Å². The summed E-state index contributed by atoms with van der Waals surface area (Å²) in [5, 5.41) is 31.0. The number of methoxy groups -OCH3 is 2. The van der Waals surface area contributed by atoms with Crippen molar-refractivity contribution in [3.8, 4) is 34.3 Å². The van der Waals surface area contributed by atoms with E-state index in [1.807, 2.05) is 89.2 Å². The number of aromatic hydroxyl groups is 2. The van der Waals surface area contributed by atoms with Crippen LogP contribution in [0.15, 0.2) is 77.1 Å². The minimum Gasteiger partial charge on any atom is -0.508 e. The Kier molecular flexibility index (Phi) is 21.8. The zero-order valence-electron chi connectivity index (χ0n) is 51.5. The van der Waals surface area contributed by atoms with Crippen LogP contribution in [0.4, 0.5) is 10.5 Å². The number of rotatable bonds is 19. The molecule has 3 aromatic carbocycles. The first-order valence-corrected chi connectivity index (χ1v) is 32.2. The molecule has 3 fully saturated rings. The van der Waals surface area contributed by atoms with Crippen LogP contribution in [0.5, 0.6) is 17.2 Å². The molecule has 468 valence electrons. The lowest BCUT2D eigenvalue weighted by atomic mass is 9.81. The first-order valence-electron chi connectivity index (χ1n) is 29.5. The van der Waals surface area contributed by atoms with Crippen molar-refractivity contribution in [2.75, 3.05) is 78.3 Å². The van der Waals surface area contributed by atoms with Crippen molar-refractivity contribution in [3.63, 3.8) is 0 Å². The van der Waals surface area contributed by atoms with Gasteiger partial charge in [0.15, 0.2) is 5.82 Å². The lowest BCUT2D eigenvalue weighted by Gasteiger charge is -2.36. The van der Waals surface area contributed by atoms with E-state index in [0.29, 0.717) is 46.8 Å². The fourth-order valence-corrected chi connectivity index (χ4v) is 14.4. The van der Waals surface area contributed by atoms with Crippen LogP contribution >= 0.6 is 33.2 Å². The van der Waals surface area contributed by atoms with E-state index in [0.717, 1.165) is 62.4 Å². The maximum Gasteiger partial charge on any atom is 0.407 e. The average molecular weight is 1250 g/mol. The van der Waals surface area contributed by atoms with Gasteiger partial charge >= 0.3 is 17.8 Å². The molecule has 23 heteroatoms. The number of benzene rings is 3.